The Morgan fingerprint density at radius 3 is 2.70 bits per heavy atom. The summed E-state index contributed by atoms with van der Waals surface area (Å²) in [5, 5.41) is 13.1. The Kier molecular flexibility index (Phi) is 3.07. The fraction of sp³-hybridized carbons (Fsp3) is 0.375. The van der Waals surface area contributed by atoms with Gasteiger partial charge in [0.15, 0.2) is 5.41 Å². The number of hydrogen-bond acceptors (Lipinski definition) is 4. The second-order valence-corrected chi connectivity index (χ2v) is 6.30. The number of carboxylic acids is 1. The number of amidine groups is 1. The number of hydrogen-bond donors (Lipinski definition) is 3. The highest BCUT2D eigenvalue weighted by Gasteiger charge is 2.54. The molecule has 3 rings (SSSR count). The van der Waals surface area contributed by atoms with Crippen LogP contribution in [0.5, 0.6) is 0 Å². The average molecular weight is 314 g/mol. The van der Waals surface area contributed by atoms with E-state index in [-0.39, 0.29) is 23.4 Å². The minimum atomic E-state index is -1.63. The molecule has 2 aliphatic rings. The minimum absolute atomic E-state index is 0.0768. The van der Waals surface area contributed by atoms with E-state index in [1.165, 1.54) is 6.08 Å². The molecule has 0 aromatic carbocycles. The van der Waals surface area contributed by atoms with Crippen LogP contribution < -0.4 is 16.1 Å². The molecular weight excluding hydrogens is 296 g/mol. The molecule has 1 aliphatic heterocycles. The normalized spacial score (nSPS) is 29.0. The molecule has 0 spiro atoms. The molecule has 2 unspecified atom stereocenters. The number of nitrogens with zero attached hydrogens (tertiary/aromatic N) is 2. The number of aliphatic imine (C=N–C) groups is 1. The topological polar surface area (TPSA) is 107 Å². The van der Waals surface area contributed by atoms with Crippen LogP contribution in [0.25, 0.3) is 12.7 Å². The Balaban J connectivity index is 2.27. The Bertz CT molecular complexity index is 880. The molecule has 1 aromatic heterocycles. The first-order chi connectivity index (χ1) is 10.7. The van der Waals surface area contributed by atoms with E-state index in [1.54, 1.807) is 19.1 Å². The number of imidazole rings is 1. The second-order valence-electron chi connectivity index (χ2n) is 6.30. The van der Waals surface area contributed by atoms with Crippen molar-refractivity contribution < 1.29 is 14.7 Å². The second kappa shape index (κ2) is 4.65. The lowest BCUT2D eigenvalue weighted by molar-refractivity contribution is -0.139. The smallest absolute Gasteiger partial charge is 0.327 e. The van der Waals surface area contributed by atoms with E-state index in [4.69, 9.17) is 0 Å². The van der Waals surface area contributed by atoms with Crippen LogP contribution in [0.15, 0.2) is 17.1 Å². The molecule has 3 N–H and O–H groups in total. The van der Waals surface area contributed by atoms with Crippen molar-refractivity contribution in [3.05, 3.63) is 28.7 Å². The van der Waals surface area contributed by atoms with Gasteiger partial charge in [-0.25, -0.2) is 4.98 Å². The Morgan fingerprint density at radius 2 is 2.13 bits per heavy atom. The zero-order chi connectivity index (χ0) is 17.0. The van der Waals surface area contributed by atoms with Gasteiger partial charge >= 0.3 is 5.97 Å². The summed E-state index contributed by atoms with van der Waals surface area (Å²) in [4.78, 5) is 36.1. The molecule has 23 heavy (non-hydrogen) atoms. The van der Waals surface area contributed by atoms with E-state index in [0.29, 0.717) is 10.8 Å². The lowest BCUT2D eigenvalue weighted by atomic mass is 9.80. The summed E-state index contributed by atoms with van der Waals surface area (Å²) in [6.07, 6.45) is 4.83. The number of carbonyl (C=O) groups excluding carboxylic acids is 1. The third-order valence-corrected chi connectivity index (χ3v) is 4.63. The van der Waals surface area contributed by atoms with Crippen LogP contribution in [0, 0.1) is 5.92 Å². The fourth-order valence-electron chi connectivity index (χ4n) is 2.81. The van der Waals surface area contributed by atoms with Crippen LogP contribution in [0.4, 0.5) is 0 Å². The number of carbonyl (C=O) groups is 2. The number of aromatic amines is 1. The van der Waals surface area contributed by atoms with Gasteiger partial charge in [0.2, 0.25) is 0 Å². The highest BCUT2D eigenvalue weighted by molar-refractivity contribution is 6.21. The molecular formula is C16H18N4O3. The number of fused-ring (bicyclic) bond motifs is 1. The van der Waals surface area contributed by atoms with Gasteiger partial charge in [0.25, 0.3) is 5.91 Å². The molecule has 2 atom stereocenters. The van der Waals surface area contributed by atoms with Crippen LogP contribution in [0.1, 0.15) is 26.5 Å². The monoisotopic (exact) mass is 314 g/mol. The average Bonchev–Trinajstić information content (AvgIpc) is 2.99. The summed E-state index contributed by atoms with van der Waals surface area (Å²) in [5.74, 6) is -1.45. The Hall–Kier alpha value is -2.70. The lowest BCUT2D eigenvalue weighted by Crippen LogP contribution is -2.52. The molecule has 0 radical (unpaired) electrons. The third kappa shape index (κ3) is 1.89. The lowest BCUT2D eigenvalue weighted by Gasteiger charge is -2.25. The van der Waals surface area contributed by atoms with E-state index in [1.807, 2.05) is 13.8 Å². The van der Waals surface area contributed by atoms with Crippen molar-refractivity contribution in [3.8, 4) is 0 Å². The van der Waals surface area contributed by atoms with E-state index in [2.05, 4.69) is 26.9 Å². The van der Waals surface area contributed by atoms with Gasteiger partial charge < -0.3 is 15.4 Å². The van der Waals surface area contributed by atoms with E-state index >= 15 is 0 Å². The van der Waals surface area contributed by atoms with Gasteiger partial charge in [0.1, 0.15) is 16.9 Å². The number of aliphatic carboxylic acids is 1. The zero-order valence-electron chi connectivity index (χ0n) is 13.2. The maximum atomic E-state index is 12.4. The molecule has 0 fully saturated rings. The van der Waals surface area contributed by atoms with Crippen molar-refractivity contribution in [2.75, 3.05) is 0 Å². The van der Waals surface area contributed by atoms with Crippen LogP contribution >= 0.6 is 0 Å². The molecule has 0 saturated carbocycles. The maximum Gasteiger partial charge on any atom is 0.327 e. The standard InChI is InChI=1S/C16H18N4O3/c1-8(2)15(4)13(21)19-12(20-15)16(14(22)23)7-5-6-10-11(16)18-9(3)17-10/h5-8,17H,3H2,1-2,4H3,(H,22,23)(H,19,20,21). The molecule has 120 valence electrons. The van der Waals surface area contributed by atoms with Crippen molar-refractivity contribution in [2.24, 2.45) is 10.9 Å². The van der Waals surface area contributed by atoms with Crippen molar-refractivity contribution in [1.82, 2.24) is 15.3 Å². The van der Waals surface area contributed by atoms with Gasteiger partial charge in [0.05, 0.1) is 11.0 Å². The SMILES string of the molecule is C=c1nc2c([nH]1)=CC=CC2(C(=O)O)C1=NC(C)(C(C)C)C(=O)N1. The van der Waals surface area contributed by atoms with Crippen molar-refractivity contribution in [3.63, 3.8) is 0 Å². The summed E-state index contributed by atoms with van der Waals surface area (Å²) in [7, 11) is 0. The Morgan fingerprint density at radius 1 is 1.43 bits per heavy atom. The summed E-state index contributed by atoms with van der Waals surface area (Å²) in [6.45, 7) is 9.16. The summed E-state index contributed by atoms with van der Waals surface area (Å²) in [6, 6.07) is 0. The highest BCUT2D eigenvalue weighted by atomic mass is 16.4. The van der Waals surface area contributed by atoms with Crippen LogP contribution in [-0.2, 0) is 15.0 Å². The minimum Gasteiger partial charge on any atom is -0.480 e. The zero-order valence-corrected chi connectivity index (χ0v) is 13.2. The largest absolute Gasteiger partial charge is 0.480 e. The van der Waals surface area contributed by atoms with Crippen LogP contribution in [-0.4, -0.2) is 38.3 Å². The number of carboxylic acid groups (broad SMARTS) is 1. The summed E-state index contributed by atoms with van der Waals surface area (Å²) >= 11 is 0. The molecule has 7 nitrogen and oxygen atoms in total. The molecule has 2 heterocycles. The molecule has 7 heteroatoms. The first-order valence-electron chi connectivity index (χ1n) is 7.32. The number of aromatic nitrogens is 2. The van der Waals surface area contributed by atoms with Gasteiger partial charge in [-0.2, -0.15) is 0 Å². The van der Waals surface area contributed by atoms with Crippen molar-refractivity contribution in [2.45, 2.75) is 31.7 Å². The quantitative estimate of drug-likeness (QED) is 0.695. The van der Waals surface area contributed by atoms with E-state index < -0.39 is 16.9 Å². The van der Waals surface area contributed by atoms with E-state index in [0.717, 1.165) is 0 Å². The number of amides is 1. The third-order valence-electron chi connectivity index (χ3n) is 4.63. The van der Waals surface area contributed by atoms with Gasteiger partial charge in [0, 0.05) is 0 Å². The van der Waals surface area contributed by atoms with Crippen molar-refractivity contribution in [1.29, 1.82) is 0 Å². The van der Waals surface area contributed by atoms with Gasteiger partial charge in [-0.05, 0) is 18.9 Å². The van der Waals surface area contributed by atoms with Crippen molar-refractivity contribution >= 4 is 30.4 Å². The molecule has 1 aromatic rings. The molecule has 0 bridgehead atoms. The van der Waals surface area contributed by atoms with Gasteiger partial charge in [-0.15, -0.1) is 0 Å². The van der Waals surface area contributed by atoms with E-state index in [9.17, 15) is 14.7 Å². The Labute approximate surface area is 132 Å². The summed E-state index contributed by atoms with van der Waals surface area (Å²) < 4.78 is 0. The molecule has 1 amide bonds. The molecule has 1 aliphatic carbocycles. The predicted octanol–water partition coefficient (Wildman–Crippen LogP) is -0.564. The van der Waals surface area contributed by atoms with Crippen LogP contribution in [0.3, 0.4) is 0 Å². The number of allylic oxidation sites excluding steroid dienone is 1. The van der Waals surface area contributed by atoms with Gasteiger partial charge in [-0.3, -0.25) is 14.6 Å². The maximum absolute atomic E-state index is 12.4. The first kappa shape index (κ1) is 15.2. The number of nitrogens with one attached hydrogen (secondary N) is 2. The number of rotatable bonds is 3. The molecule has 0 saturated heterocycles. The fourth-order valence-corrected chi connectivity index (χ4v) is 2.81. The predicted molar refractivity (Wildman–Crippen MR) is 85.1 cm³/mol. The highest BCUT2D eigenvalue weighted by Crippen LogP contribution is 2.33. The first-order valence-corrected chi connectivity index (χ1v) is 7.32. The summed E-state index contributed by atoms with van der Waals surface area (Å²) in [5.41, 5.74) is -1.99. The van der Waals surface area contributed by atoms with Crippen LogP contribution in [0.2, 0.25) is 0 Å². The van der Waals surface area contributed by atoms with Gasteiger partial charge in [-0.1, -0.05) is 32.6 Å². The number of H-pyrrole nitrogens is 1.